The van der Waals surface area contributed by atoms with Gasteiger partial charge in [-0.1, -0.05) is 38.1 Å². The van der Waals surface area contributed by atoms with Gasteiger partial charge in [0.25, 0.3) is 5.00 Å². The maximum atomic E-state index is 13.9. The van der Waals surface area contributed by atoms with Crippen molar-refractivity contribution in [2.75, 3.05) is 0 Å². The number of alkyl halides is 1. The van der Waals surface area contributed by atoms with E-state index >= 15 is 0 Å². The van der Waals surface area contributed by atoms with Crippen molar-refractivity contribution < 1.29 is 17.4 Å². The molecule has 0 saturated heterocycles. The quantitative estimate of drug-likeness (QED) is 0.806. The molecular formula is C13H16FNO3S. The van der Waals surface area contributed by atoms with Gasteiger partial charge in [0, 0.05) is 17.8 Å². The largest absolute Gasteiger partial charge is 0.305 e. The van der Waals surface area contributed by atoms with Gasteiger partial charge < -0.3 is 0 Å². The average molecular weight is 285 g/mol. The highest BCUT2D eigenvalue weighted by molar-refractivity contribution is 7.87. The van der Waals surface area contributed by atoms with Crippen LogP contribution in [0.2, 0.25) is 0 Å². The van der Waals surface area contributed by atoms with Gasteiger partial charge in [-0.15, -0.1) is 0 Å². The second-order valence-corrected chi connectivity index (χ2v) is 6.13. The predicted octanol–water partition coefficient (Wildman–Crippen LogP) is 2.77. The van der Waals surface area contributed by atoms with Crippen molar-refractivity contribution in [2.45, 2.75) is 18.8 Å². The van der Waals surface area contributed by atoms with Crippen LogP contribution in [0.4, 0.5) is 4.39 Å². The summed E-state index contributed by atoms with van der Waals surface area (Å²) in [5, 5.41) is -2.73. The molecule has 2 rings (SSSR count). The average Bonchev–Trinajstić information content (AvgIpc) is 2.34. The topological polar surface area (TPSA) is 67.3 Å². The fourth-order valence-electron chi connectivity index (χ4n) is 1.53. The van der Waals surface area contributed by atoms with Crippen LogP contribution in [0.3, 0.4) is 0 Å². The Morgan fingerprint density at radius 1 is 1.05 bits per heavy atom. The van der Waals surface area contributed by atoms with Gasteiger partial charge in [-0.05, 0) is 18.2 Å². The fourth-order valence-corrected chi connectivity index (χ4v) is 2.52. The molecule has 19 heavy (non-hydrogen) atoms. The van der Waals surface area contributed by atoms with E-state index in [0.717, 1.165) is 6.08 Å². The van der Waals surface area contributed by atoms with Gasteiger partial charge in [-0.2, -0.15) is 8.42 Å². The first-order valence-corrected chi connectivity index (χ1v) is 7.03. The summed E-state index contributed by atoms with van der Waals surface area (Å²) in [6, 6.07) is 5.72. The van der Waals surface area contributed by atoms with E-state index in [-0.39, 0.29) is 0 Å². The zero-order valence-corrected chi connectivity index (χ0v) is 11.5. The van der Waals surface area contributed by atoms with Crippen LogP contribution < -0.4 is 0 Å². The van der Waals surface area contributed by atoms with Crippen LogP contribution in [0.1, 0.15) is 13.8 Å². The molecule has 6 heteroatoms. The molecule has 0 spiro atoms. The van der Waals surface area contributed by atoms with E-state index in [0.29, 0.717) is 0 Å². The smallest absolute Gasteiger partial charge is 0.283 e. The Hall–Kier alpha value is -1.53. The molecule has 1 aromatic heterocycles. The van der Waals surface area contributed by atoms with Crippen molar-refractivity contribution in [3.63, 3.8) is 0 Å². The summed E-state index contributed by atoms with van der Waals surface area (Å²) < 4.78 is 44.3. The zero-order chi connectivity index (χ0) is 14.6. The number of aromatic nitrogens is 1. The SMILES string of the molecule is CC1(C)C=CC=CC1(F)S(=O)(=O)O.c1ccncc1. The lowest BCUT2D eigenvalue weighted by atomic mass is 9.84. The van der Waals surface area contributed by atoms with Gasteiger partial charge in [-0.25, -0.2) is 4.39 Å². The third-order valence-corrected chi connectivity index (χ3v) is 4.17. The van der Waals surface area contributed by atoms with Crippen LogP contribution in [-0.2, 0) is 10.1 Å². The number of allylic oxidation sites excluding steroid dienone is 3. The molecule has 0 bridgehead atoms. The highest BCUT2D eigenvalue weighted by Gasteiger charge is 2.53. The van der Waals surface area contributed by atoms with E-state index in [1.807, 2.05) is 18.2 Å². The number of hydrogen-bond donors (Lipinski definition) is 1. The molecule has 1 heterocycles. The maximum absolute atomic E-state index is 13.9. The van der Waals surface area contributed by atoms with Gasteiger partial charge >= 0.3 is 10.1 Å². The van der Waals surface area contributed by atoms with Crippen LogP contribution in [0.15, 0.2) is 54.9 Å². The van der Waals surface area contributed by atoms with Crippen molar-refractivity contribution >= 4 is 10.1 Å². The number of rotatable bonds is 1. The molecule has 0 amide bonds. The lowest BCUT2D eigenvalue weighted by Gasteiger charge is -2.34. The second kappa shape index (κ2) is 5.63. The summed E-state index contributed by atoms with van der Waals surface area (Å²) in [6.45, 7) is 2.81. The zero-order valence-electron chi connectivity index (χ0n) is 10.7. The molecular weight excluding hydrogens is 269 g/mol. The summed E-state index contributed by atoms with van der Waals surface area (Å²) in [6.07, 6.45) is 8.56. The first-order chi connectivity index (χ1) is 8.71. The highest BCUT2D eigenvalue weighted by atomic mass is 32.2. The van der Waals surface area contributed by atoms with Crippen LogP contribution in [0.25, 0.3) is 0 Å². The molecule has 1 aromatic rings. The molecule has 0 aliphatic heterocycles. The minimum absolute atomic E-state index is 0.850. The summed E-state index contributed by atoms with van der Waals surface area (Å²) in [5.41, 5.74) is -1.25. The van der Waals surface area contributed by atoms with Gasteiger partial charge in [0.05, 0.1) is 0 Å². The Bertz CT molecular complexity index is 540. The molecule has 0 saturated carbocycles. The Balaban J connectivity index is 0.000000250. The lowest BCUT2D eigenvalue weighted by Crippen LogP contribution is -2.45. The van der Waals surface area contributed by atoms with E-state index in [1.165, 1.54) is 26.0 Å². The van der Waals surface area contributed by atoms with Crippen LogP contribution in [-0.4, -0.2) is 23.0 Å². The van der Waals surface area contributed by atoms with Crippen molar-refractivity contribution in [2.24, 2.45) is 5.41 Å². The molecule has 0 radical (unpaired) electrons. The molecule has 1 atom stereocenters. The third kappa shape index (κ3) is 3.48. The maximum Gasteiger partial charge on any atom is 0.305 e. The summed E-state index contributed by atoms with van der Waals surface area (Å²) in [7, 11) is -4.74. The molecule has 0 aromatic carbocycles. The Morgan fingerprint density at radius 3 is 1.84 bits per heavy atom. The van der Waals surface area contributed by atoms with Crippen LogP contribution >= 0.6 is 0 Å². The van der Waals surface area contributed by atoms with Crippen molar-refractivity contribution in [3.8, 4) is 0 Å². The molecule has 1 unspecified atom stereocenters. The minimum Gasteiger partial charge on any atom is -0.283 e. The normalized spacial score (nSPS) is 24.4. The Morgan fingerprint density at radius 2 is 1.58 bits per heavy atom. The van der Waals surface area contributed by atoms with Gasteiger partial charge in [0.15, 0.2) is 0 Å². The monoisotopic (exact) mass is 285 g/mol. The predicted molar refractivity (Wildman–Crippen MR) is 71.7 cm³/mol. The van der Waals surface area contributed by atoms with Crippen LogP contribution in [0.5, 0.6) is 0 Å². The van der Waals surface area contributed by atoms with Crippen molar-refractivity contribution in [1.82, 2.24) is 4.98 Å². The third-order valence-electron chi connectivity index (χ3n) is 2.76. The fraction of sp³-hybridized carbons (Fsp3) is 0.308. The first-order valence-electron chi connectivity index (χ1n) is 5.59. The standard InChI is InChI=1S/C8H11FO3S.C5H5N/c1-7(2)5-3-4-6-8(7,9)13(10,11)12;1-2-4-6-5-3-1/h3-6H,1-2H3,(H,10,11,12);1-5H. The van der Waals surface area contributed by atoms with E-state index in [1.54, 1.807) is 18.5 Å². The molecule has 1 aliphatic rings. The highest BCUT2D eigenvalue weighted by Crippen LogP contribution is 2.43. The number of pyridine rings is 1. The minimum atomic E-state index is -4.74. The first kappa shape index (κ1) is 15.5. The molecule has 1 N–H and O–H groups in total. The van der Waals surface area contributed by atoms with E-state index in [9.17, 15) is 12.8 Å². The molecule has 1 aliphatic carbocycles. The number of hydrogen-bond acceptors (Lipinski definition) is 3. The Labute approximate surface area is 112 Å². The van der Waals surface area contributed by atoms with Crippen molar-refractivity contribution in [3.05, 3.63) is 54.9 Å². The summed E-state index contributed by atoms with van der Waals surface area (Å²) in [4.78, 5) is 3.78. The van der Waals surface area contributed by atoms with Gasteiger partial charge in [0.1, 0.15) is 0 Å². The van der Waals surface area contributed by atoms with Crippen LogP contribution in [0, 0.1) is 5.41 Å². The van der Waals surface area contributed by atoms with E-state index in [2.05, 4.69) is 4.98 Å². The number of halogens is 1. The van der Waals surface area contributed by atoms with Gasteiger partial charge in [-0.3, -0.25) is 9.54 Å². The molecule has 4 nitrogen and oxygen atoms in total. The summed E-state index contributed by atoms with van der Waals surface area (Å²) in [5.74, 6) is 0. The lowest BCUT2D eigenvalue weighted by molar-refractivity contribution is 0.173. The molecule has 0 fully saturated rings. The Kier molecular flexibility index (Phi) is 4.60. The van der Waals surface area contributed by atoms with E-state index in [4.69, 9.17) is 4.55 Å². The molecule has 104 valence electrons. The number of nitrogens with zero attached hydrogens (tertiary/aromatic N) is 1. The second-order valence-electron chi connectivity index (χ2n) is 4.58. The van der Waals surface area contributed by atoms with Gasteiger partial charge in [0.2, 0.25) is 0 Å². The summed E-state index contributed by atoms with van der Waals surface area (Å²) >= 11 is 0. The van der Waals surface area contributed by atoms with Crippen molar-refractivity contribution in [1.29, 1.82) is 0 Å². The van der Waals surface area contributed by atoms with E-state index < -0.39 is 20.5 Å².